The molecule has 0 aromatic heterocycles. The maximum absolute atomic E-state index is 12.0. The van der Waals surface area contributed by atoms with Gasteiger partial charge in [0, 0.05) is 25.7 Å². The molecule has 3 atom stereocenters. The number of ether oxygens (including phenoxy) is 1. The number of hydrogen-bond donors (Lipinski definition) is 2. The van der Waals surface area contributed by atoms with Crippen LogP contribution in [0.3, 0.4) is 0 Å². The van der Waals surface area contributed by atoms with E-state index < -0.39 is 10.2 Å². The lowest BCUT2D eigenvalue weighted by Gasteiger charge is -2.34. The molecule has 3 unspecified atom stereocenters. The molecule has 1 saturated heterocycles. The third-order valence-electron chi connectivity index (χ3n) is 2.61. The number of nitrogens with zero attached hydrogens (tertiary/aromatic N) is 1. The summed E-state index contributed by atoms with van der Waals surface area (Å²) in [5.41, 5.74) is 5.58. The van der Waals surface area contributed by atoms with E-state index >= 15 is 0 Å². The summed E-state index contributed by atoms with van der Waals surface area (Å²) >= 11 is 0. The van der Waals surface area contributed by atoms with Gasteiger partial charge < -0.3 is 10.5 Å². The summed E-state index contributed by atoms with van der Waals surface area (Å²) in [7, 11) is -3.40. The Kier molecular flexibility index (Phi) is 7.65. The van der Waals surface area contributed by atoms with Crippen LogP contribution in [0.2, 0.25) is 0 Å². The van der Waals surface area contributed by atoms with Crippen molar-refractivity contribution in [3.8, 4) is 0 Å². The van der Waals surface area contributed by atoms with E-state index in [2.05, 4.69) is 4.72 Å². The third-order valence-corrected chi connectivity index (χ3v) is 4.16. The summed E-state index contributed by atoms with van der Waals surface area (Å²) in [5.74, 6) is 0. The first kappa shape index (κ1) is 18.1. The fourth-order valence-electron chi connectivity index (χ4n) is 1.83. The second kappa shape index (κ2) is 7.62. The number of rotatable bonds is 5. The van der Waals surface area contributed by atoms with Gasteiger partial charge in [0.2, 0.25) is 0 Å². The minimum Gasteiger partial charge on any atom is -0.373 e. The van der Waals surface area contributed by atoms with Gasteiger partial charge in [0.15, 0.2) is 0 Å². The Morgan fingerprint density at radius 2 is 1.89 bits per heavy atom. The van der Waals surface area contributed by atoms with E-state index in [1.807, 2.05) is 20.8 Å². The molecule has 1 fully saturated rings. The Balaban J connectivity index is 0.00000289. The van der Waals surface area contributed by atoms with Gasteiger partial charge in [-0.15, -0.1) is 12.4 Å². The summed E-state index contributed by atoms with van der Waals surface area (Å²) in [6.07, 6.45) is 0.502. The van der Waals surface area contributed by atoms with Crippen molar-refractivity contribution in [2.24, 2.45) is 5.73 Å². The normalized spacial score (nSPS) is 27.6. The molecule has 0 amide bonds. The SMILES string of the molecule is CC(N)CCNS(=O)(=O)N1CC(C)OC(C)C1.Cl. The second-order valence-electron chi connectivity index (χ2n) is 4.74. The maximum atomic E-state index is 12.0. The predicted octanol–water partition coefficient (Wildman–Crippen LogP) is 0.0891. The molecule has 0 spiro atoms. The highest BCUT2D eigenvalue weighted by Crippen LogP contribution is 2.13. The number of morpholine rings is 1. The summed E-state index contributed by atoms with van der Waals surface area (Å²) < 4.78 is 33.5. The molecule has 3 N–H and O–H groups in total. The summed E-state index contributed by atoms with van der Waals surface area (Å²) in [6, 6.07) is 0.000219. The average Bonchev–Trinajstić information content (AvgIpc) is 2.14. The van der Waals surface area contributed by atoms with E-state index in [4.69, 9.17) is 10.5 Å². The number of halogens is 1. The summed E-state index contributed by atoms with van der Waals surface area (Å²) in [5, 5.41) is 0. The maximum Gasteiger partial charge on any atom is 0.279 e. The molecule has 0 saturated carbocycles. The molecule has 0 aromatic rings. The quantitative estimate of drug-likeness (QED) is 0.754. The van der Waals surface area contributed by atoms with Crippen LogP contribution in [0.25, 0.3) is 0 Å². The van der Waals surface area contributed by atoms with Gasteiger partial charge >= 0.3 is 0 Å². The first-order valence-corrected chi connectivity index (χ1v) is 7.41. The molecule has 0 aromatic carbocycles. The van der Waals surface area contributed by atoms with Crippen molar-refractivity contribution >= 4 is 22.6 Å². The van der Waals surface area contributed by atoms with Crippen LogP contribution in [-0.4, -0.2) is 50.6 Å². The zero-order valence-corrected chi connectivity index (χ0v) is 12.8. The first-order valence-electron chi connectivity index (χ1n) is 5.97. The molecule has 8 heteroatoms. The van der Waals surface area contributed by atoms with E-state index in [9.17, 15) is 8.42 Å². The van der Waals surface area contributed by atoms with Crippen LogP contribution in [0.1, 0.15) is 27.2 Å². The van der Waals surface area contributed by atoms with Crippen LogP contribution < -0.4 is 10.5 Å². The van der Waals surface area contributed by atoms with Gasteiger partial charge in [0.1, 0.15) is 0 Å². The highest BCUT2D eigenvalue weighted by atomic mass is 35.5. The molecule has 1 aliphatic heterocycles. The molecule has 110 valence electrons. The predicted molar refractivity (Wildman–Crippen MR) is 74.0 cm³/mol. The van der Waals surface area contributed by atoms with E-state index in [0.717, 1.165) is 0 Å². The summed E-state index contributed by atoms with van der Waals surface area (Å²) in [4.78, 5) is 0. The molecular weight excluding hydrogens is 278 g/mol. The lowest BCUT2D eigenvalue weighted by atomic mass is 10.3. The van der Waals surface area contributed by atoms with Gasteiger partial charge in [-0.2, -0.15) is 12.7 Å². The Labute approximate surface area is 116 Å². The molecule has 1 aliphatic rings. The van der Waals surface area contributed by atoms with Gasteiger partial charge in [-0.05, 0) is 27.2 Å². The van der Waals surface area contributed by atoms with Gasteiger partial charge in [-0.1, -0.05) is 0 Å². The highest BCUT2D eigenvalue weighted by Gasteiger charge is 2.30. The van der Waals surface area contributed by atoms with Crippen molar-refractivity contribution in [2.75, 3.05) is 19.6 Å². The van der Waals surface area contributed by atoms with Gasteiger partial charge in [-0.3, -0.25) is 0 Å². The molecule has 0 aliphatic carbocycles. The number of hydrogen-bond acceptors (Lipinski definition) is 4. The zero-order valence-electron chi connectivity index (χ0n) is 11.1. The van der Waals surface area contributed by atoms with Crippen molar-refractivity contribution < 1.29 is 13.2 Å². The van der Waals surface area contributed by atoms with Gasteiger partial charge in [-0.25, -0.2) is 4.72 Å². The van der Waals surface area contributed by atoms with Crippen LogP contribution in [0.15, 0.2) is 0 Å². The van der Waals surface area contributed by atoms with Crippen LogP contribution >= 0.6 is 12.4 Å². The molecular formula is C10H24ClN3O3S. The number of nitrogens with one attached hydrogen (secondary N) is 1. The molecule has 0 bridgehead atoms. The van der Waals surface area contributed by atoms with Crippen LogP contribution in [0, 0.1) is 0 Å². The Hall–Kier alpha value is 0.0800. The first-order chi connectivity index (χ1) is 7.81. The minimum atomic E-state index is -3.40. The fraction of sp³-hybridized carbons (Fsp3) is 1.00. The average molecular weight is 302 g/mol. The molecule has 6 nitrogen and oxygen atoms in total. The molecule has 1 rings (SSSR count). The van der Waals surface area contributed by atoms with Gasteiger partial charge in [0.05, 0.1) is 12.2 Å². The van der Waals surface area contributed by atoms with Crippen LogP contribution in [-0.2, 0) is 14.9 Å². The number of nitrogens with two attached hydrogens (primary N) is 1. The fourth-order valence-corrected chi connectivity index (χ4v) is 3.20. The van der Waals surface area contributed by atoms with Crippen molar-refractivity contribution in [3.63, 3.8) is 0 Å². The van der Waals surface area contributed by atoms with E-state index in [1.165, 1.54) is 4.31 Å². The Bertz CT molecular complexity index is 327. The van der Waals surface area contributed by atoms with E-state index in [-0.39, 0.29) is 30.7 Å². The molecule has 0 radical (unpaired) electrons. The minimum absolute atomic E-state index is 0. The van der Waals surface area contributed by atoms with Crippen molar-refractivity contribution in [3.05, 3.63) is 0 Å². The van der Waals surface area contributed by atoms with Crippen molar-refractivity contribution in [2.45, 2.75) is 45.4 Å². The Morgan fingerprint density at radius 3 is 2.33 bits per heavy atom. The topological polar surface area (TPSA) is 84.7 Å². The third kappa shape index (κ3) is 5.81. The molecule has 1 heterocycles. The monoisotopic (exact) mass is 301 g/mol. The van der Waals surface area contributed by atoms with Crippen molar-refractivity contribution in [1.29, 1.82) is 0 Å². The van der Waals surface area contributed by atoms with E-state index in [1.54, 1.807) is 0 Å². The van der Waals surface area contributed by atoms with Crippen LogP contribution in [0.4, 0.5) is 0 Å². The standard InChI is InChI=1S/C10H23N3O3S.ClH/c1-8(11)4-5-12-17(14,15)13-6-9(2)16-10(3)7-13;/h8-10,12H,4-7,11H2,1-3H3;1H. The lowest BCUT2D eigenvalue weighted by Crippen LogP contribution is -2.52. The van der Waals surface area contributed by atoms with Gasteiger partial charge in [0.25, 0.3) is 10.2 Å². The molecule has 18 heavy (non-hydrogen) atoms. The lowest BCUT2D eigenvalue weighted by molar-refractivity contribution is -0.0443. The van der Waals surface area contributed by atoms with Crippen LogP contribution in [0.5, 0.6) is 0 Å². The highest BCUT2D eigenvalue weighted by molar-refractivity contribution is 7.87. The smallest absolute Gasteiger partial charge is 0.279 e. The second-order valence-corrected chi connectivity index (χ2v) is 6.49. The Morgan fingerprint density at radius 1 is 1.39 bits per heavy atom. The zero-order chi connectivity index (χ0) is 13.1. The van der Waals surface area contributed by atoms with E-state index in [0.29, 0.717) is 26.1 Å². The van der Waals surface area contributed by atoms with Crippen molar-refractivity contribution in [1.82, 2.24) is 9.03 Å². The summed E-state index contributed by atoms with van der Waals surface area (Å²) in [6.45, 7) is 6.78. The largest absolute Gasteiger partial charge is 0.373 e.